The molecular weight excluding hydrogens is 403 g/mol. The van der Waals surface area contributed by atoms with E-state index in [1.165, 1.54) is 12.1 Å². The van der Waals surface area contributed by atoms with Crippen LogP contribution in [-0.4, -0.2) is 21.3 Å². The van der Waals surface area contributed by atoms with Gasteiger partial charge in [-0.2, -0.15) is 0 Å². The van der Waals surface area contributed by atoms with Crippen LogP contribution in [0.25, 0.3) is 0 Å². The van der Waals surface area contributed by atoms with Gasteiger partial charge in [0.15, 0.2) is 0 Å². The Morgan fingerprint density at radius 2 is 1.67 bits per heavy atom. The molecular formula is C19H16F3N5O3. The summed E-state index contributed by atoms with van der Waals surface area (Å²) in [5, 5.41) is 17.4. The van der Waals surface area contributed by atoms with Gasteiger partial charge in [0.05, 0.1) is 4.92 Å². The topological polar surface area (TPSA) is 102 Å². The van der Waals surface area contributed by atoms with E-state index < -0.39 is 22.7 Å². The molecule has 11 heteroatoms. The maximum absolute atomic E-state index is 12.3. The minimum Gasteiger partial charge on any atom is -0.406 e. The van der Waals surface area contributed by atoms with Gasteiger partial charge in [-0.05, 0) is 42.3 Å². The Morgan fingerprint density at radius 1 is 1.03 bits per heavy atom. The van der Waals surface area contributed by atoms with Gasteiger partial charge in [-0.1, -0.05) is 25.1 Å². The van der Waals surface area contributed by atoms with E-state index in [4.69, 9.17) is 0 Å². The number of aryl methyl sites for hydroxylation is 1. The quantitative estimate of drug-likeness (QED) is 0.394. The van der Waals surface area contributed by atoms with Crippen LogP contribution in [-0.2, 0) is 6.42 Å². The van der Waals surface area contributed by atoms with Crippen molar-refractivity contribution < 1.29 is 22.8 Å². The van der Waals surface area contributed by atoms with E-state index in [9.17, 15) is 23.3 Å². The second-order valence-electron chi connectivity index (χ2n) is 6.01. The van der Waals surface area contributed by atoms with Gasteiger partial charge in [-0.3, -0.25) is 10.1 Å². The highest BCUT2D eigenvalue weighted by Crippen LogP contribution is 2.34. The average molecular weight is 419 g/mol. The predicted molar refractivity (Wildman–Crippen MR) is 104 cm³/mol. The fraction of sp³-hybridized carbons (Fsp3) is 0.158. The highest BCUT2D eigenvalue weighted by molar-refractivity contribution is 5.77. The number of nitrogens with zero attached hydrogens (tertiary/aromatic N) is 3. The predicted octanol–water partition coefficient (Wildman–Crippen LogP) is 5.33. The monoisotopic (exact) mass is 419 g/mol. The maximum Gasteiger partial charge on any atom is 0.573 e. The standard InChI is InChI=1S/C19H16F3N5O3/c1-2-12-5-3-4-6-15(12)26-18-16(27(28)29)17(23-11-24-18)25-13-7-9-14(10-8-13)30-19(20,21)22/h3-11H,2H2,1H3,(H2,23,24,25,26). The Balaban J connectivity index is 1.89. The number of anilines is 4. The molecule has 0 unspecified atom stereocenters. The first-order chi connectivity index (χ1) is 14.3. The van der Waals surface area contributed by atoms with Crippen molar-refractivity contribution in [2.45, 2.75) is 19.7 Å². The lowest BCUT2D eigenvalue weighted by Crippen LogP contribution is -2.17. The first kappa shape index (κ1) is 20.8. The molecule has 0 saturated carbocycles. The Kier molecular flexibility index (Phi) is 6.00. The summed E-state index contributed by atoms with van der Waals surface area (Å²) in [6.45, 7) is 1.95. The van der Waals surface area contributed by atoms with Crippen LogP contribution in [0.15, 0.2) is 54.9 Å². The van der Waals surface area contributed by atoms with Crippen LogP contribution in [0, 0.1) is 10.1 Å². The molecule has 0 saturated heterocycles. The number of nitro groups is 1. The molecule has 30 heavy (non-hydrogen) atoms. The van der Waals surface area contributed by atoms with Crippen molar-refractivity contribution in [2.24, 2.45) is 0 Å². The summed E-state index contributed by atoms with van der Waals surface area (Å²) in [5.74, 6) is -0.546. The van der Waals surface area contributed by atoms with Crippen molar-refractivity contribution in [3.63, 3.8) is 0 Å². The van der Waals surface area contributed by atoms with Crippen LogP contribution < -0.4 is 15.4 Å². The molecule has 1 aromatic heterocycles. The molecule has 0 atom stereocenters. The molecule has 2 aromatic carbocycles. The fourth-order valence-corrected chi connectivity index (χ4v) is 2.69. The van der Waals surface area contributed by atoms with E-state index in [2.05, 4.69) is 25.3 Å². The number of halogens is 3. The lowest BCUT2D eigenvalue weighted by Gasteiger charge is -2.13. The summed E-state index contributed by atoms with van der Waals surface area (Å²) in [5.41, 5.74) is 1.49. The number of hydrogen-bond acceptors (Lipinski definition) is 7. The van der Waals surface area contributed by atoms with Gasteiger partial charge < -0.3 is 15.4 Å². The molecule has 0 radical (unpaired) electrons. The third kappa shape index (κ3) is 5.13. The zero-order valence-electron chi connectivity index (χ0n) is 15.6. The molecule has 0 aliphatic heterocycles. The third-order valence-electron chi connectivity index (χ3n) is 4.01. The Labute approximate surface area is 168 Å². The maximum atomic E-state index is 12.3. The van der Waals surface area contributed by atoms with Gasteiger partial charge in [0.1, 0.15) is 12.1 Å². The van der Waals surface area contributed by atoms with Crippen LogP contribution in [0.5, 0.6) is 5.75 Å². The molecule has 0 aliphatic carbocycles. The smallest absolute Gasteiger partial charge is 0.406 e. The number of alkyl halides is 3. The van der Waals surface area contributed by atoms with Crippen LogP contribution in [0.3, 0.4) is 0 Å². The Hall–Kier alpha value is -3.89. The van der Waals surface area contributed by atoms with Crippen LogP contribution in [0.2, 0.25) is 0 Å². The average Bonchev–Trinajstić information content (AvgIpc) is 2.69. The molecule has 8 nitrogen and oxygen atoms in total. The number of ether oxygens (including phenoxy) is 1. The van der Waals surface area contributed by atoms with E-state index in [0.717, 1.165) is 24.0 Å². The number of hydrogen-bond donors (Lipinski definition) is 2. The van der Waals surface area contributed by atoms with Gasteiger partial charge in [-0.15, -0.1) is 13.2 Å². The number of nitrogens with one attached hydrogen (secondary N) is 2. The molecule has 3 rings (SSSR count). The lowest BCUT2D eigenvalue weighted by molar-refractivity contribution is -0.383. The van der Waals surface area contributed by atoms with Crippen molar-refractivity contribution in [3.8, 4) is 5.75 Å². The van der Waals surface area contributed by atoms with Crippen molar-refractivity contribution in [3.05, 3.63) is 70.5 Å². The Morgan fingerprint density at radius 3 is 2.27 bits per heavy atom. The van der Waals surface area contributed by atoms with E-state index in [1.54, 1.807) is 12.1 Å². The normalized spacial score (nSPS) is 11.1. The van der Waals surface area contributed by atoms with Crippen LogP contribution >= 0.6 is 0 Å². The van der Waals surface area contributed by atoms with Gasteiger partial charge in [0.25, 0.3) is 0 Å². The second-order valence-corrected chi connectivity index (χ2v) is 6.01. The highest BCUT2D eigenvalue weighted by Gasteiger charge is 2.31. The van der Waals surface area contributed by atoms with Gasteiger partial charge >= 0.3 is 12.0 Å². The van der Waals surface area contributed by atoms with Crippen molar-refractivity contribution in [1.29, 1.82) is 0 Å². The number of benzene rings is 2. The first-order valence-corrected chi connectivity index (χ1v) is 8.74. The highest BCUT2D eigenvalue weighted by atomic mass is 19.4. The number of aromatic nitrogens is 2. The zero-order chi connectivity index (χ0) is 21.7. The van der Waals surface area contributed by atoms with Gasteiger partial charge in [0.2, 0.25) is 11.6 Å². The lowest BCUT2D eigenvalue weighted by atomic mass is 10.1. The van der Waals surface area contributed by atoms with Crippen molar-refractivity contribution in [1.82, 2.24) is 9.97 Å². The molecule has 2 N–H and O–H groups in total. The molecule has 0 fully saturated rings. The molecule has 3 aromatic rings. The minimum absolute atomic E-state index is 0.0181. The summed E-state index contributed by atoms with van der Waals surface area (Å²) >= 11 is 0. The molecule has 0 aliphatic rings. The zero-order valence-corrected chi connectivity index (χ0v) is 15.6. The first-order valence-electron chi connectivity index (χ1n) is 8.74. The summed E-state index contributed by atoms with van der Waals surface area (Å²) in [6, 6.07) is 12.0. The van der Waals surface area contributed by atoms with E-state index >= 15 is 0 Å². The van der Waals surface area contributed by atoms with Crippen molar-refractivity contribution >= 4 is 28.7 Å². The minimum atomic E-state index is -4.81. The number of para-hydroxylation sites is 1. The fourth-order valence-electron chi connectivity index (χ4n) is 2.69. The summed E-state index contributed by atoms with van der Waals surface area (Å²) in [6.07, 6.45) is -2.96. The van der Waals surface area contributed by atoms with E-state index in [-0.39, 0.29) is 17.3 Å². The van der Waals surface area contributed by atoms with Crippen molar-refractivity contribution in [2.75, 3.05) is 10.6 Å². The molecule has 0 amide bonds. The third-order valence-corrected chi connectivity index (χ3v) is 4.01. The van der Waals surface area contributed by atoms with Crippen LogP contribution in [0.4, 0.5) is 41.9 Å². The van der Waals surface area contributed by atoms with Gasteiger partial charge in [0, 0.05) is 11.4 Å². The summed E-state index contributed by atoms with van der Waals surface area (Å²) in [4.78, 5) is 18.9. The Bertz CT molecular complexity index is 1040. The molecule has 1 heterocycles. The molecule has 0 spiro atoms. The molecule has 0 bridgehead atoms. The second kappa shape index (κ2) is 8.64. The van der Waals surface area contributed by atoms with Gasteiger partial charge in [-0.25, -0.2) is 9.97 Å². The summed E-state index contributed by atoms with van der Waals surface area (Å²) in [7, 11) is 0. The SMILES string of the molecule is CCc1ccccc1Nc1ncnc(Nc2ccc(OC(F)(F)F)cc2)c1[N+](=O)[O-]. The molecule has 156 valence electrons. The number of rotatable bonds is 7. The van der Waals surface area contributed by atoms with Crippen LogP contribution in [0.1, 0.15) is 12.5 Å². The summed E-state index contributed by atoms with van der Waals surface area (Å²) < 4.78 is 40.6. The largest absolute Gasteiger partial charge is 0.573 e. The van der Waals surface area contributed by atoms with E-state index in [1.807, 2.05) is 19.1 Å². The van der Waals surface area contributed by atoms with E-state index in [0.29, 0.717) is 12.1 Å².